The van der Waals surface area contributed by atoms with Crippen LogP contribution in [-0.4, -0.2) is 18.0 Å². The first-order valence-corrected chi connectivity index (χ1v) is 9.27. The summed E-state index contributed by atoms with van der Waals surface area (Å²) in [5.74, 6) is -0.144. The lowest BCUT2D eigenvalue weighted by molar-refractivity contribution is 0.407. The van der Waals surface area contributed by atoms with Crippen molar-refractivity contribution in [3.8, 4) is 0 Å². The summed E-state index contributed by atoms with van der Waals surface area (Å²) in [6.07, 6.45) is 8.13. The summed E-state index contributed by atoms with van der Waals surface area (Å²) < 4.78 is 14.2. The molecule has 2 rings (SSSR count). The Morgan fingerprint density at radius 1 is 1.04 bits per heavy atom. The van der Waals surface area contributed by atoms with Crippen LogP contribution in [0.4, 0.5) is 4.39 Å². The molecule has 0 N–H and O–H groups in total. The second kappa shape index (κ2) is 9.38. The number of allylic oxidation sites excluding steroid dienone is 7. The summed E-state index contributed by atoms with van der Waals surface area (Å²) in [5.41, 5.74) is 6.40. The molecular weight excluding hydrogens is 321 g/mol. The third-order valence-corrected chi connectivity index (χ3v) is 4.71. The van der Waals surface area contributed by atoms with Crippen molar-refractivity contribution in [2.75, 3.05) is 13.1 Å². The SMILES string of the molecule is C=C(C)c1ccccc1/C(C)=C/C(C)=C/C=C(/F)CC(=C)N1CCCC1. The maximum absolute atomic E-state index is 14.2. The third-order valence-electron chi connectivity index (χ3n) is 4.71. The summed E-state index contributed by atoms with van der Waals surface area (Å²) >= 11 is 0. The zero-order valence-corrected chi connectivity index (χ0v) is 16.3. The summed E-state index contributed by atoms with van der Waals surface area (Å²) in [6.45, 7) is 16.2. The summed E-state index contributed by atoms with van der Waals surface area (Å²) in [7, 11) is 0. The molecule has 0 atom stereocenters. The van der Waals surface area contributed by atoms with E-state index in [1.807, 2.05) is 32.1 Å². The van der Waals surface area contributed by atoms with Crippen LogP contribution >= 0.6 is 0 Å². The van der Waals surface area contributed by atoms with Crippen LogP contribution in [0.25, 0.3) is 11.1 Å². The van der Waals surface area contributed by atoms with Crippen molar-refractivity contribution in [3.05, 3.63) is 83.9 Å². The van der Waals surface area contributed by atoms with Gasteiger partial charge in [0.1, 0.15) is 5.83 Å². The molecule has 2 heteroatoms. The van der Waals surface area contributed by atoms with E-state index < -0.39 is 0 Å². The molecule has 1 saturated heterocycles. The average Bonchev–Trinajstić information content (AvgIpc) is 3.14. The van der Waals surface area contributed by atoms with E-state index in [0.29, 0.717) is 6.42 Å². The van der Waals surface area contributed by atoms with Crippen LogP contribution < -0.4 is 0 Å². The van der Waals surface area contributed by atoms with E-state index >= 15 is 0 Å². The van der Waals surface area contributed by atoms with Gasteiger partial charge in [-0.15, -0.1) is 0 Å². The topological polar surface area (TPSA) is 3.24 Å². The highest BCUT2D eigenvalue weighted by Gasteiger charge is 2.13. The predicted molar refractivity (Wildman–Crippen MR) is 112 cm³/mol. The second-order valence-electron chi connectivity index (χ2n) is 7.11. The zero-order chi connectivity index (χ0) is 19.1. The van der Waals surface area contributed by atoms with Gasteiger partial charge in [-0.2, -0.15) is 0 Å². The zero-order valence-electron chi connectivity index (χ0n) is 16.3. The van der Waals surface area contributed by atoms with Crippen molar-refractivity contribution < 1.29 is 4.39 Å². The molecular formula is C24H30FN. The largest absolute Gasteiger partial charge is 0.375 e. The molecule has 1 fully saturated rings. The monoisotopic (exact) mass is 351 g/mol. The molecule has 1 aliphatic rings. The average molecular weight is 352 g/mol. The summed E-state index contributed by atoms with van der Waals surface area (Å²) in [4.78, 5) is 2.18. The number of rotatable bonds is 7. The lowest BCUT2D eigenvalue weighted by atomic mass is 9.95. The highest BCUT2D eigenvalue weighted by atomic mass is 19.1. The lowest BCUT2D eigenvalue weighted by Gasteiger charge is -2.19. The van der Waals surface area contributed by atoms with Gasteiger partial charge in [0.05, 0.1) is 0 Å². The van der Waals surface area contributed by atoms with Gasteiger partial charge < -0.3 is 4.90 Å². The molecule has 0 spiro atoms. The Labute approximate surface area is 157 Å². The standard InChI is InChI=1S/C24H30FN/c1-18(2)23-10-6-7-11-24(23)20(4)16-19(3)12-13-22(25)17-21(5)26-14-8-9-15-26/h6-7,10-13,16H,1,5,8-9,14-15,17H2,2-4H3/b19-12+,20-16+,22-13+. The first kappa shape index (κ1) is 20.0. The van der Waals surface area contributed by atoms with Gasteiger partial charge in [-0.25, -0.2) is 4.39 Å². The molecule has 0 radical (unpaired) electrons. The van der Waals surface area contributed by atoms with Crippen LogP contribution in [0.3, 0.4) is 0 Å². The van der Waals surface area contributed by atoms with Crippen LogP contribution in [-0.2, 0) is 0 Å². The van der Waals surface area contributed by atoms with Crippen LogP contribution in [0.5, 0.6) is 0 Å². The first-order chi connectivity index (χ1) is 12.4. The van der Waals surface area contributed by atoms with Crippen molar-refractivity contribution >= 4 is 11.1 Å². The molecule has 0 bridgehead atoms. The fourth-order valence-corrected chi connectivity index (χ4v) is 3.29. The minimum Gasteiger partial charge on any atom is -0.375 e. The maximum Gasteiger partial charge on any atom is 0.106 e. The fraction of sp³-hybridized carbons (Fsp3) is 0.333. The van der Waals surface area contributed by atoms with E-state index in [0.717, 1.165) is 41.1 Å². The molecule has 1 aromatic carbocycles. The number of halogens is 1. The molecule has 1 heterocycles. The van der Waals surface area contributed by atoms with E-state index in [1.165, 1.54) is 18.4 Å². The lowest BCUT2D eigenvalue weighted by Crippen LogP contribution is -2.17. The number of nitrogens with zero attached hydrogens (tertiary/aromatic N) is 1. The number of benzene rings is 1. The Hall–Kier alpha value is -2.35. The molecule has 1 aromatic rings. The Morgan fingerprint density at radius 3 is 2.27 bits per heavy atom. The highest BCUT2D eigenvalue weighted by Crippen LogP contribution is 2.25. The van der Waals surface area contributed by atoms with E-state index in [4.69, 9.17) is 0 Å². The molecule has 0 aromatic heterocycles. The van der Waals surface area contributed by atoms with Crippen LogP contribution in [0.1, 0.15) is 51.2 Å². The number of hydrogen-bond acceptors (Lipinski definition) is 1. The first-order valence-electron chi connectivity index (χ1n) is 9.27. The summed E-state index contributed by atoms with van der Waals surface area (Å²) in [6, 6.07) is 8.23. The second-order valence-corrected chi connectivity index (χ2v) is 7.11. The van der Waals surface area contributed by atoms with E-state index in [9.17, 15) is 4.39 Å². The van der Waals surface area contributed by atoms with Crippen molar-refractivity contribution in [2.24, 2.45) is 0 Å². The van der Waals surface area contributed by atoms with Gasteiger partial charge >= 0.3 is 0 Å². The van der Waals surface area contributed by atoms with E-state index in [-0.39, 0.29) is 5.83 Å². The van der Waals surface area contributed by atoms with Gasteiger partial charge in [0.2, 0.25) is 0 Å². The Kier molecular flexibility index (Phi) is 7.20. The maximum atomic E-state index is 14.2. The van der Waals surface area contributed by atoms with Gasteiger partial charge in [-0.3, -0.25) is 0 Å². The van der Waals surface area contributed by atoms with Crippen molar-refractivity contribution in [1.82, 2.24) is 4.90 Å². The Morgan fingerprint density at radius 2 is 1.65 bits per heavy atom. The highest BCUT2D eigenvalue weighted by molar-refractivity contribution is 5.78. The van der Waals surface area contributed by atoms with Crippen LogP contribution in [0, 0.1) is 0 Å². The quantitative estimate of drug-likeness (QED) is 0.482. The predicted octanol–water partition coefficient (Wildman–Crippen LogP) is 6.92. The molecule has 0 amide bonds. The van der Waals surface area contributed by atoms with E-state index in [2.05, 4.69) is 43.2 Å². The van der Waals surface area contributed by atoms with Gasteiger partial charge in [0, 0.05) is 25.2 Å². The molecule has 0 saturated carbocycles. The van der Waals surface area contributed by atoms with Crippen molar-refractivity contribution in [2.45, 2.75) is 40.0 Å². The number of hydrogen-bond donors (Lipinski definition) is 0. The molecule has 1 nitrogen and oxygen atoms in total. The van der Waals surface area contributed by atoms with Gasteiger partial charge in [-0.05, 0) is 56.4 Å². The van der Waals surface area contributed by atoms with Gasteiger partial charge in [0.25, 0.3) is 0 Å². The number of likely N-dealkylation sites (tertiary alicyclic amines) is 1. The normalized spacial score (nSPS) is 16.2. The summed E-state index contributed by atoms with van der Waals surface area (Å²) in [5, 5.41) is 0. The smallest absolute Gasteiger partial charge is 0.106 e. The minimum atomic E-state index is -0.144. The third kappa shape index (κ3) is 5.59. The van der Waals surface area contributed by atoms with Crippen LogP contribution in [0.2, 0.25) is 0 Å². The Balaban J connectivity index is 2.07. The minimum absolute atomic E-state index is 0.144. The molecule has 1 aliphatic heterocycles. The molecule has 0 unspecified atom stereocenters. The molecule has 138 valence electrons. The molecule has 0 aliphatic carbocycles. The van der Waals surface area contributed by atoms with Crippen molar-refractivity contribution in [1.29, 1.82) is 0 Å². The fourth-order valence-electron chi connectivity index (χ4n) is 3.29. The Bertz CT molecular complexity index is 758. The molecule has 26 heavy (non-hydrogen) atoms. The van der Waals surface area contributed by atoms with E-state index in [1.54, 1.807) is 6.08 Å². The van der Waals surface area contributed by atoms with Crippen LogP contribution in [0.15, 0.2) is 72.7 Å². The van der Waals surface area contributed by atoms with Crippen molar-refractivity contribution in [3.63, 3.8) is 0 Å². The van der Waals surface area contributed by atoms with Gasteiger partial charge in [0.15, 0.2) is 0 Å². The van der Waals surface area contributed by atoms with Gasteiger partial charge in [-0.1, -0.05) is 60.7 Å².